The lowest BCUT2D eigenvalue weighted by Gasteiger charge is -2.12. The zero-order chi connectivity index (χ0) is 12.3. The van der Waals surface area contributed by atoms with Gasteiger partial charge < -0.3 is 15.2 Å². The number of carbonyl (C=O) groups excluding carboxylic acids is 2. The first-order chi connectivity index (χ1) is 7.47. The molecule has 1 aliphatic carbocycles. The summed E-state index contributed by atoms with van der Waals surface area (Å²) >= 11 is 0. The minimum absolute atomic E-state index is 0.250. The van der Waals surface area contributed by atoms with Crippen LogP contribution in [-0.2, 0) is 19.1 Å². The highest BCUT2D eigenvalue weighted by molar-refractivity contribution is 5.91. The van der Waals surface area contributed by atoms with Crippen molar-refractivity contribution < 1.29 is 24.2 Å². The first kappa shape index (κ1) is 12.5. The molecule has 3 atom stereocenters. The van der Waals surface area contributed by atoms with E-state index in [1.54, 1.807) is 6.92 Å². The molecule has 90 valence electrons. The smallest absolute Gasteiger partial charge is 0.328 e. The van der Waals surface area contributed by atoms with Gasteiger partial charge in [-0.25, -0.2) is 4.79 Å². The largest absolute Gasteiger partial charge is 0.481 e. The topological polar surface area (TPSA) is 92.7 Å². The number of hydrogen-bond acceptors (Lipinski definition) is 4. The van der Waals surface area contributed by atoms with Crippen molar-refractivity contribution in [3.63, 3.8) is 0 Å². The number of hydrogen-bond donors (Lipinski definition) is 2. The molecule has 0 aromatic carbocycles. The first-order valence-electron chi connectivity index (χ1n) is 5.17. The predicted octanol–water partition coefficient (Wildman–Crippen LogP) is -0.225. The number of carbonyl (C=O) groups is 3. The van der Waals surface area contributed by atoms with E-state index in [4.69, 9.17) is 9.84 Å². The molecule has 0 aromatic rings. The van der Waals surface area contributed by atoms with Crippen molar-refractivity contribution in [2.45, 2.75) is 26.3 Å². The van der Waals surface area contributed by atoms with Crippen molar-refractivity contribution in [1.82, 2.24) is 5.32 Å². The summed E-state index contributed by atoms with van der Waals surface area (Å²) in [5, 5.41) is 11.1. The number of amides is 1. The van der Waals surface area contributed by atoms with Crippen LogP contribution < -0.4 is 5.32 Å². The van der Waals surface area contributed by atoms with Gasteiger partial charge in [0.25, 0.3) is 0 Å². The normalized spacial score (nSPS) is 24.4. The third-order valence-corrected chi connectivity index (χ3v) is 2.44. The molecule has 0 radical (unpaired) electrons. The van der Waals surface area contributed by atoms with Crippen LogP contribution in [-0.4, -0.2) is 35.6 Å². The minimum atomic E-state index is -0.969. The second-order valence-corrected chi connectivity index (χ2v) is 3.77. The quantitative estimate of drug-likeness (QED) is 0.635. The van der Waals surface area contributed by atoms with Crippen molar-refractivity contribution in [2.24, 2.45) is 11.8 Å². The van der Waals surface area contributed by atoms with Crippen LogP contribution in [0.2, 0.25) is 0 Å². The first-order valence-corrected chi connectivity index (χ1v) is 5.17. The summed E-state index contributed by atoms with van der Waals surface area (Å²) in [5.74, 6) is -2.98. The molecule has 0 bridgehead atoms. The van der Waals surface area contributed by atoms with Gasteiger partial charge in [-0.3, -0.25) is 9.59 Å². The lowest BCUT2D eigenvalue weighted by Crippen LogP contribution is -2.40. The summed E-state index contributed by atoms with van der Waals surface area (Å²) in [6.45, 7) is 3.43. The summed E-state index contributed by atoms with van der Waals surface area (Å²) in [4.78, 5) is 33.2. The summed E-state index contributed by atoms with van der Waals surface area (Å²) in [6.07, 6.45) is 0.344. The van der Waals surface area contributed by atoms with Crippen LogP contribution >= 0.6 is 0 Å². The molecule has 0 spiro atoms. The molecule has 0 saturated heterocycles. The van der Waals surface area contributed by atoms with Crippen molar-refractivity contribution in [1.29, 1.82) is 0 Å². The Hall–Kier alpha value is -1.59. The van der Waals surface area contributed by atoms with Crippen LogP contribution in [0, 0.1) is 11.8 Å². The predicted molar refractivity (Wildman–Crippen MR) is 53.5 cm³/mol. The Morgan fingerprint density at radius 3 is 2.50 bits per heavy atom. The Bertz CT molecular complexity index is 314. The van der Waals surface area contributed by atoms with E-state index < -0.39 is 35.7 Å². The third kappa shape index (κ3) is 2.95. The summed E-state index contributed by atoms with van der Waals surface area (Å²) in [5.41, 5.74) is 0. The number of aliphatic carboxylic acids is 1. The Morgan fingerprint density at radius 1 is 1.44 bits per heavy atom. The summed E-state index contributed by atoms with van der Waals surface area (Å²) in [7, 11) is 0. The average Bonchev–Trinajstić information content (AvgIpc) is 2.97. The van der Waals surface area contributed by atoms with Crippen molar-refractivity contribution in [2.75, 3.05) is 6.61 Å². The number of nitrogens with one attached hydrogen (secondary N) is 1. The lowest BCUT2D eigenvalue weighted by atomic mass is 10.2. The van der Waals surface area contributed by atoms with Gasteiger partial charge in [0.05, 0.1) is 18.4 Å². The highest BCUT2D eigenvalue weighted by atomic mass is 16.5. The van der Waals surface area contributed by atoms with Gasteiger partial charge >= 0.3 is 11.9 Å². The Morgan fingerprint density at radius 2 is 2.06 bits per heavy atom. The summed E-state index contributed by atoms with van der Waals surface area (Å²) < 4.78 is 4.71. The van der Waals surface area contributed by atoms with Gasteiger partial charge in [-0.15, -0.1) is 0 Å². The molecule has 0 heterocycles. The second kappa shape index (κ2) is 4.96. The fourth-order valence-electron chi connectivity index (χ4n) is 1.40. The molecule has 1 saturated carbocycles. The van der Waals surface area contributed by atoms with Crippen LogP contribution in [0.1, 0.15) is 20.3 Å². The van der Waals surface area contributed by atoms with Gasteiger partial charge in [-0.05, 0) is 20.3 Å². The second-order valence-electron chi connectivity index (χ2n) is 3.77. The van der Waals surface area contributed by atoms with E-state index in [1.807, 2.05) is 0 Å². The molecule has 1 unspecified atom stereocenters. The Balaban J connectivity index is 2.35. The highest BCUT2D eigenvalue weighted by Crippen LogP contribution is 2.38. The van der Waals surface area contributed by atoms with Crippen LogP contribution in [0.4, 0.5) is 0 Å². The molecule has 6 nitrogen and oxygen atoms in total. The Labute approximate surface area is 93.0 Å². The van der Waals surface area contributed by atoms with E-state index in [0.29, 0.717) is 6.42 Å². The number of esters is 1. The maximum absolute atomic E-state index is 11.5. The van der Waals surface area contributed by atoms with E-state index >= 15 is 0 Å². The van der Waals surface area contributed by atoms with Gasteiger partial charge in [-0.2, -0.15) is 0 Å². The van der Waals surface area contributed by atoms with Crippen molar-refractivity contribution in [3.8, 4) is 0 Å². The number of carboxylic acid groups (broad SMARTS) is 1. The molecule has 2 N–H and O–H groups in total. The Kier molecular flexibility index (Phi) is 3.87. The molecule has 16 heavy (non-hydrogen) atoms. The van der Waals surface area contributed by atoms with E-state index in [2.05, 4.69) is 5.32 Å². The van der Waals surface area contributed by atoms with E-state index in [0.717, 1.165) is 0 Å². The molecule has 1 amide bonds. The van der Waals surface area contributed by atoms with Crippen molar-refractivity contribution >= 4 is 17.8 Å². The van der Waals surface area contributed by atoms with Crippen molar-refractivity contribution in [3.05, 3.63) is 0 Å². The van der Waals surface area contributed by atoms with Gasteiger partial charge in [0.15, 0.2) is 0 Å². The molecule has 0 aliphatic heterocycles. The van der Waals surface area contributed by atoms with Crippen LogP contribution in [0.15, 0.2) is 0 Å². The van der Waals surface area contributed by atoms with Gasteiger partial charge in [0, 0.05) is 0 Å². The molecule has 1 fully saturated rings. The highest BCUT2D eigenvalue weighted by Gasteiger charge is 2.48. The maximum atomic E-state index is 11.5. The molecule has 0 aromatic heterocycles. The molecular formula is C10H15NO5. The summed E-state index contributed by atoms with van der Waals surface area (Å²) in [6, 6.07) is -0.734. The molecule has 1 aliphatic rings. The van der Waals surface area contributed by atoms with E-state index in [-0.39, 0.29) is 6.61 Å². The van der Waals surface area contributed by atoms with Gasteiger partial charge in [0.1, 0.15) is 6.04 Å². The van der Waals surface area contributed by atoms with Crippen LogP contribution in [0.3, 0.4) is 0 Å². The average molecular weight is 229 g/mol. The monoisotopic (exact) mass is 229 g/mol. The SMILES string of the molecule is CCOC(=O)C(C)NC(=O)[C@@H]1C[C@@H]1C(=O)O. The lowest BCUT2D eigenvalue weighted by molar-refractivity contribution is -0.147. The van der Waals surface area contributed by atoms with E-state index in [1.165, 1.54) is 6.92 Å². The third-order valence-electron chi connectivity index (χ3n) is 2.44. The molecule has 1 rings (SSSR count). The molecule has 6 heteroatoms. The fraction of sp³-hybridized carbons (Fsp3) is 0.700. The standard InChI is InChI=1S/C10H15NO5/c1-3-16-10(15)5(2)11-8(12)6-4-7(6)9(13)14/h5-7H,3-4H2,1-2H3,(H,11,12)(H,13,14)/t5?,6-,7+/m1/s1. The zero-order valence-electron chi connectivity index (χ0n) is 9.23. The van der Waals surface area contributed by atoms with Gasteiger partial charge in [-0.1, -0.05) is 0 Å². The van der Waals surface area contributed by atoms with Crippen LogP contribution in [0.25, 0.3) is 0 Å². The molecular weight excluding hydrogens is 214 g/mol. The number of rotatable bonds is 5. The number of carboxylic acids is 1. The van der Waals surface area contributed by atoms with Crippen LogP contribution in [0.5, 0.6) is 0 Å². The number of ether oxygens (including phenoxy) is 1. The van der Waals surface area contributed by atoms with Gasteiger partial charge in [0.2, 0.25) is 5.91 Å². The maximum Gasteiger partial charge on any atom is 0.328 e. The zero-order valence-corrected chi connectivity index (χ0v) is 9.23. The fourth-order valence-corrected chi connectivity index (χ4v) is 1.40. The minimum Gasteiger partial charge on any atom is -0.481 e. The van der Waals surface area contributed by atoms with E-state index in [9.17, 15) is 14.4 Å².